The van der Waals surface area contributed by atoms with Gasteiger partial charge >= 0.3 is 0 Å². The summed E-state index contributed by atoms with van der Waals surface area (Å²) < 4.78 is 31.9. The van der Waals surface area contributed by atoms with Gasteiger partial charge in [0.05, 0.1) is 17.6 Å². The number of aliphatic hydroxyl groups excluding tert-OH is 1. The molecule has 21 heavy (non-hydrogen) atoms. The molecule has 1 atom stereocenters. The monoisotopic (exact) mass is 315 g/mol. The van der Waals surface area contributed by atoms with Crippen LogP contribution in [0.4, 0.5) is 0 Å². The van der Waals surface area contributed by atoms with Crippen LogP contribution in [0.5, 0.6) is 5.75 Å². The maximum atomic E-state index is 12.1. The second-order valence-electron chi connectivity index (χ2n) is 6.17. The minimum Gasteiger partial charge on any atom is -0.494 e. The third kappa shape index (κ3) is 6.46. The molecule has 0 heterocycles. The van der Waals surface area contributed by atoms with Crippen LogP contribution in [0.1, 0.15) is 34.1 Å². The third-order valence-electron chi connectivity index (χ3n) is 2.80. The van der Waals surface area contributed by atoms with Crippen LogP contribution in [-0.4, -0.2) is 32.8 Å². The largest absolute Gasteiger partial charge is 0.494 e. The van der Waals surface area contributed by atoms with E-state index < -0.39 is 16.1 Å². The van der Waals surface area contributed by atoms with Gasteiger partial charge < -0.3 is 9.84 Å². The average molecular weight is 315 g/mol. The van der Waals surface area contributed by atoms with Crippen molar-refractivity contribution >= 4 is 10.0 Å². The normalized spacial score (nSPS) is 14.0. The van der Waals surface area contributed by atoms with Gasteiger partial charge in [0.1, 0.15) is 5.75 Å². The quantitative estimate of drug-likeness (QED) is 0.808. The topological polar surface area (TPSA) is 75.6 Å². The number of ether oxygens (including phenoxy) is 1. The summed E-state index contributed by atoms with van der Waals surface area (Å²) in [5.41, 5.74) is -0.0516. The van der Waals surface area contributed by atoms with Gasteiger partial charge in [0.2, 0.25) is 10.0 Å². The molecule has 1 aromatic rings. The zero-order valence-corrected chi connectivity index (χ0v) is 13.9. The fraction of sp³-hybridized carbons (Fsp3) is 0.600. The first-order chi connectivity index (χ1) is 9.64. The van der Waals surface area contributed by atoms with Crippen LogP contribution in [0, 0.1) is 5.41 Å². The van der Waals surface area contributed by atoms with Crippen molar-refractivity contribution in [2.75, 3.05) is 13.2 Å². The molecule has 2 N–H and O–H groups in total. The van der Waals surface area contributed by atoms with E-state index in [4.69, 9.17) is 4.74 Å². The highest BCUT2D eigenvalue weighted by molar-refractivity contribution is 7.89. The van der Waals surface area contributed by atoms with Crippen molar-refractivity contribution in [3.8, 4) is 5.75 Å². The van der Waals surface area contributed by atoms with Crippen LogP contribution >= 0.6 is 0 Å². The molecule has 0 aromatic heterocycles. The Hall–Kier alpha value is -1.11. The molecule has 1 rings (SSSR count). The number of hydrogen-bond donors (Lipinski definition) is 2. The number of rotatable bonds is 7. The average Bonchev–Trinajstić information content (AvgIpc) is 2.36. The van der Waals surface area contributed by atoms with Crippen LogP contribution in [0.25, 0.3) is 0 Å². The predicted octanol–water partition coefficient (Wildman–Crippen LogP) is 2.16. The minimum atomic E-state index is -3.61. The Kier molecular flexibility index (Phi) is 6.19. The zero-order valence-electron chi connectivity index (χ0n) is 13.1. The van der Waals surface area contributed by atoms with Gasteiger partial charge in [-0.25, -0.2) is 13.1 Å². The van der Waals surface area contributed by atoms with E-state index in [1.165, 1.54) is 12.1 Å². The first-order valence-corrected chi connectivity index (χ1v) is 8.53. The van der Waals surface area contributed by atoms with Crippen LogP contribution in [0.15, 0.2) is 29.2 Å². The van der Waals surface area contributed by atoms with Crippen molar-refractivity contribution in [1.29, 1.82) is 0 Å². The Morgan fingerprint density at radius 3 is 2.29 bits per heavy atom. The molecule has 0 radical (unpaired) electrons. The van der Waals surface area contributed by atoms with Crippen LogP contribution in [0.2, 0.25) is 0 Å². The van der Waals surface area contributed by atoms with Crippen molar-refractivity contribution in [2.24, 2.45) is 5.41 Å². The molecule has 0 saturated carbocycles. The Morgan fingerprint density at radius 1 is 1.24 bits per heavy atom. The van der Waals surface area contributed by atoms with Gasteiger partial charge in [-0.2, -0.15) is 0 Å². The number of aliphatic hydroxyl groups is 1. The zero-order chi connectivity index (χ0) is 16.1. The molecule has 0 aliphatic rings. The van der Waals surface area contributed by atoms with Crippen molar-refractivity contribution in [3.05, 3.63) is 24.3 Å². The van der Waals surface area contributed by atoms with Gasteiger partial charge in [-0.1, -0.05) is 20.8 Å². The number of nitrogens with one attached hydrogen (secondary N) is 1. The van der Waals surface area contributed by atoms with E-state index in [1.807, 2.05) is 27.7 Å². The Labute approximate surface area is 127 Å². The first kappa shape index (κ1) is 17.9. The van der Waals surface area contributed by atoms with E-state index in [0.717, 1.165) is 0 Å². The molecule has 6 heteroatoms. The molecule has 0 spiro atoms. The summed E-state index contributed by atoms with van der Waals surface area (Å²) in [5, 5.41) is 9.86. The summed E-state index contributed by atoms with van der Waals surface area (Å²) in [6.45, 7) is 8.39. The number of sulfonamides is 1. The molecule has 0 amide bonds. The lowest BCUT2D eigenvalue weighted by Gasteiger charge is -2.22. The summed E-state index contributed by atoms with van der Waals surface area (Å²) in [4.78, 5) is 0.161. The molecule has 120 valence electrons. The predicted molar refractivity (Wildman–Crippen MR) is 82.9 cm³/mol. The molecule has 1 aromatic carbocycles. The maximum absolute atomic E-state index is 12.1. The summed E-state index contributed by atoms with van der Waals surface area (Å²) in [7, 11) is -3.61. The smallest absolute Gasteiger partial charge is 0.240 e. The highest BCUT2D eigenvalue weighted by atomic mass is 32.2. The van der Waals surface area contributed by atoms with Crippen LogP contribution < -0.4 is 9.46 Å². The molecule has 0 aliphatic heterocycles. The lowest BCUT2D eigenvalue weighted by atomic mass is 9.89. The third-order valence-corrected chi connectivity index (χ3v) is 4.24. The van der Waals surface area contributed by atoms with Gasteiger partial charge in [-0.3, -0.25) is 0 Å². The summed E-state index contributed by atoms with van der Waals surface area (Å²) in [6, 6.07) is 6.21. The van der Waals surface area contributed by atoms with Gasteiger partial charge in [0, 0.05) is 6.54 Å². The highest BCUT2D eigenvalue weighted by Crippen LogP contribution is 2.21. The van der Waals surface area contributed by atoms with Crippen molar-refractivity contribution in [2.45, 2.75) is 45.1 Å². The first-order valence-electron chi connectivity index (χ1n) is 7.04. The molecular weight excluding hydrogens is 290 g/mol. The molecule has 5 nitrogen and oxygen atoms in total. The fourth-order valence-corrected chi connectivity index (χ4v) is 3.02. The Bertz CT molecular complexity index is 532. The molecule has 1 unspecified atom stereocenters. The van der Waals surface area contributed by atoms with E-state index in [2.05, 4.69) is 4.72 Å². The van der Waals surface area contributed by atoms with E-state index in [-0.39, 0.29) is 16.9 Å². The molecule has 0 aliphatic carbocycles. The molecular formula is C15H25NO4S. The van der Waals surface area contributed by atoms with Crippen molar-refractivity contribution < 1.29 is 18.3 Å². The fourth-order valence-electron chi connectivity index (χ4n) is 1.95. The van der Waals surface area contributed by atoms with E-state index in [9.17, 15) is 13.5 Å². The van der Waals surface area contributed by atoms with Crippen LogP contribution in [0.3, 0.4) is 0 Å². The van der Waals surface area contributed by atoms with Crippen molar-refractivity contribution in [1.82, 2.24) is 4.72 Å². The maximum Gasteiger partial charge on any atom is 0.240 e. The SMILES string of the molecule is CCOc1ccc(S(=O)(=O)NCC(O)CC(C)(C)C)cc1. The summed E-state index contributed by atoms with van der Waals surface area (Å²) in [5.74, 6) is 0.629. The van der Waals surface area contributed by atoms with Gasteiger partial charge in [0.25, 0.3) is 0 Å². The van der Waals surface area contributed by atoms with Crippen LogP contribution in [-0.2, 0) is 10.0 Å². The Balaban J connectivity index is 2.65. The van der Waals surface area contributed by atoms with Crippen molar-refractivity contribution in [3.63, 3.8) is 0 Å². The molecule has 0 bridgehead atoms. The Morgan fingerprint density at radius 2 is 1.81 bits per heavy atom. The number of benzene rings is 1. The van der Waals surface area contributed by atoms with E-state index in [1.54, 1.807) is 12.1 Å². The van der Waals surface area contributed by atoms with Gasteiger partial charge in [0.15, 0.2) is 0 Å². The molecule has 0 fully saturated rings. The van der Waals surface area contributed by atoms with E-state index >= 15 is 0 Å². The number of hydrogen-bond acceptors (Lipinski definition) is 4. The van der Waals surface area contributed by atoms with Gasteiger partial charge in [-0.15, -0.1) is 0 Å². The highest BCUT2D eigenvalue weighted by Gasteiger charge is 2.20. The second kappa shape index (κ2) is 7.24. The lowest BCUT2D eigenvalue weighted by Crippen LogP contribution is -2.34. The summed E-state index contributed by atoms with van der Waals surface area (Å²) in [6.07, 6.45) is -0.179. The lowest BCUT2D eigenvalue weighted by molar-refractivity contribution is 0.125. The summed E-state index contributed by atoms with van der Waals surface area (Å²) >= 11 is 0. The van der Waals surface area contributed by atoms with Gasteiger partial charge in [-0.05, 0) is 43.0 Å². The van der Waals surface area contributed by atoms with E-state index in [0.29, 0.717) is 18.8 Å². The minimum absolute atomic E-state index is 0.00676. The standard InChI is InChI=1S/C15H25NO4S/c1-5-20-13-6-8-14(9-7-13)21(18,19)16-11-12(17)10-15(2,3)4/h6-9,12,16-17H,5,10-11H2,1-4H3. The molecule has 0 saturated heterocycles. The second-order valence-corrected chi connectivity index (χ2v) is 7.94.